The molecule has 4 rings (SSSR count). The number of hydrogen-bond donors (Lipinski definition) is 3. The molecule has 2 aromatic heterocycles. The molecule has 8 nitrogen and oxygen atoms in total. The van der Waals surface area contributed by atoms with Gasteiger partial charge in [-0.25, -0.2) is 9.18 Å². The Morgan fingerprint density at radius 3 is 2.79 bits per heavy atom. The molecule has 0 aliphatic carbocycles. The van der Waals surface area contributed by atoms with Gasteiger partial charge in [0.25, 0.3) is 5.56 Å². The van der Waals surface area contributed by atoms with E-state index < -0.39 is 11.2 Å². The van der Waals surface area contributed by atoms with Crippen molar-refractivity contribution >= 4 is 5.91 Å². The summed E-state index contributed by atoms with van der Waals surface area (Å²) in [7, 11) is 0. The summed E-state index contributed by atoms with van der Waals surface area (Å²) >= 11 is 0. The van der Waals surface area contributed by atoms with Crippen molar-refractivity contribution in [1.82, 2.24) is 25.1 Å². The van der Waals surface area contributed by atoms with E-state index in [1.165, 1.54) is 18.3 Å². The van der Waals surface area contributed by atoms with Crippen LogP contribution in [0.3, 0.4) is 0 Å². The maximum absolute atomic E-state index is 13.2. The molecule has 1 aliphatic heterocycles. The van der Waals surface area contributed by atoms with Crippen LogP contribution in [0.25, 0.3) is 11.1 Å². The number of benzene rings is 1. The van der Waals surface area contributed by atoms with Gasteiger partial charge in [-0.3, -0.25) is 19.7 Å². The predicted molar refractivity (Wildman–Crippen MR) is 104 cm³/mol. The normalized spacial score (nSPS) is 16.7. The molecule has 0 bridgehead atoms. The van der Waals surface area contributed by atoms with Crippen molar-refractivity contribution in [3.63, 3.8) is 0 Å². The number of likely N-dealkylation sites (tertiary alicyclic amines) is 1. The molecule has 1 saturated heterocycles. The van der Waals surface area contributed by atoms with E-state index in [4.69, 9.17) is 0 Å². The predicted octanol–water partition coefficient (Wildman–Crippen LogP) is 1.54. The number of halogens is 1. The average Bonchev–Trinajstić information content (AvgIpc) is 3.20. The number of hydrogen-bond acceptors (Lipinski definition) is 4. The average molecular weight is 397 g/mol. The molecule has 150 valence electrons. The van der Waals surface area contributed by atoms with Gasteiger partial charge in [0.2, 0.25) is 5.91 Å². The molecule has 1 unspecified atom stereocenters. The maximum atomic E-state index is 13.2. The van der Waals surface area contributed by atoms with Crippen LogP contribution >= 0.6 is 0 Å². The van der Waals surface area contributed by atoms with E-state index in [1.807, 2.05) is 0 Å². The number of piperidine rings is 1. The van der Waals surface area contributed by atoms with Gasteiger partial charge in [0.05, 0.1) is 12.6 Å². The lowest BCUT2D eigenvalue weighted by Crippen LogP contribution is -2.41. The van der Waals surface area contributed by atoms with Crippen molar-refractivity contribution in [2.45, 2.75) is 25.2 Å². The van der Waals surface area contributed by atoms with E-state index in [-0.39, 0.29) is 29.6 Å². The van der Waals surface area contributed by atoms with Gasteiger partial charge in [-0.05, 0) is 30.5 Å². The molecule has 0 saturated carbocycles. The third-order valence-electron chi connectivity index (χ3n) is 5.24. The summed E-state index contributed by atoms with van der Waals surface area (Å²) in [6, 6.07) is 6.23. The minimum absolute atomic E-state index is 0.0594. The fourth-order valence-electron chi connectivity index (χ4n) is 3.75. The van der Waals surface area contributed by atoms with E-state index in [1.54, 1.807) is 23.2 Å². The highest BCUT2D eigenvalue weighted by Crippen LogP contribution is 2.33. The lowest BCUT2D eigenvalue weighted by atomic mass is 9.90. The highest BCUT2D eigenvalue weighted by atomic mass is 19.1. The molecule has 1 atom stereocenters. The van der Waals surface area contributed by atoms with Crippen LogP contribution in [0.1, 0.15) is 30.0 Å². The van der Waals surface area contributed by atoms with Crippen LogP contribution in [0.15, 0.2) is 46.2 Å². The summed E-state index contributed by atoms with van der Waals surface area (Å²) in [4.78, 5) is 42.0. The number of rotatable bonds is 4. The fraction of sp³-hybridized carbons (Fsp3) is 0.300. The molecular formula is C20H20FN5O3. The van der Waals surface area contributed by atoms with Gasteiger partial charge in [-0.1, -0.05) is 12.1 Å². The minimum atomic E-state index is -0.600. The molecule has 1 aromatic carbocycles. The zero-order chi connectivity index (χ0) is 20.4. The number of nitrogens with one attached hydrogen (secondary N) is 3. The monoisotopic (exact) mass is 397 g/mol. The van der Waals surface area contributed by atoms with E-state index in [0.29, 0.717) is 13.1 Å². The van der Waals surface area contributed by atoms with Gasteiger partial charge >= 0.3 is 5.69 Å². The Hall–Kier alpha value is -3.49. The standard InChI is InChI=1S/C20H20FN5O3/c21-15-5-3-12(4-6-15)16-10-23-25-18(16)13-2-1-7-26(11-13)17(27)8-14-9-22-20(29)24-19(14)28/h3-6,9-10,13H,1-2,7-8,11H2,(H,23,25)(H2,22,24,28,29). The Morgan fingerprint density at radius 1 is 1.24 bits per heavy atom. The zero-order valence-corrected chi connectivity index (χ0v) is 15.6. The van der Waals surface area contributed by atoms with E-state index in [9.17, 15) is 18.8 Å². The number of carbonyl (C=O) groups excluding carboxylic acids is 1. The summed E-state index contributed by atoms with van der Waals surface area (Å²) in [6.45, 7) is 1.10. The first-order chi connectivity index (χ1) is 14.0. The molecule has 1 amide bonds. The van der Waals surface area contributed by atoms with Gasteiger partial charge in [0.1, 0.15) is 5.82 Å². The molecule has 3 aromatic rings. The minimum Gasteiger partial charge on any atom is -0.342 e. The molecule has 1 aliphatic rings. The molecule has 0 spiro atoms. The Balaban J connectivity index is 1.51. The molecule has 0 radical (unpaired) electrons. The lowest BCUT2D eigenvalue weighted by molar-refractivity contribution is -0.131. The van der Waals surface area contributed by atoms with Crippen LogP contribution in [-0.4, -0.2) is 44.1 Å². The summed E-state index contributed by atoms with van der Waals surface area (Å²) in [5.41, 5.74) is 1.74. The first-order valence-electron chi connectivity index (χ1n) is 9.39. The van der Waals surface area contributed by atoms with E-state index >= 15 is 0 Å². The zero-order valence-electron chi connectivity index (χ0n) is 15.6. The third-order valence-corrected chi connectivity index (χ3v) is 5.24. The van der Waals surface area contributed by atoms with Gasteiger partial charge in [-0.2, -0.15) is 5.10 Å². The van der Waals surface area contributed by atoms with E-state index in [0.717, 1.165) is 29.7 Å². The van der Waals surface area contributed by atoms with Crippen molar-refractivity contribution in [3.8, 4) is 11.1 Å². The van der Waals surface area contributed by atoms with Crippen molar-refractivity contribution in [1.29, 1.82) is 0 Å². The van der Waals surface area contributed by atoms with Gasteiger partial charge in [0, 0.05) is 42.0 Å². The first kappa shape index (κ1) is 18.9. The van der Waals surface area contributed by atoms with Crippen LogP contribution in [0.4, 0.5) is 4.39 Å². The number of H-pyrrole nitrogens is 3. The molecular weight excluding hydrogens is 377 g/mol. The van der Waals surface area contributed by atoms with Crippen molar-refractivity contribution in [2.24, 2.45) is 0 Å². The van der Waals surface area contributed by atoms with Crippen LogP contribution in [-0.2, 0) is 11.2 Å². The summed E-state index contributed by atoms with van der Waals surface area (Å²) in [5, 5.41) is 7.19. The number of carbonyl (C=O) groups is 1. The molecule has 3 heterocycles. The van der Waals surface area contributed by atoms with Crippen LogP contribution in [0.2, 0.25) is 0 Å². The highest BCUT2D eigenvalue weighted by Gasteiger charge is 2.28. The molecule has 1 fully saturated rings. The maximum Gasteiger partial charge on any atom is 0.325 e. The second-order valence-electron chi connectivity index (χ2n) is 7.16. The molecule has 3 N–H and O–H groups in total. The Morgan fingerprint density at radius 2 is 2.03 bits per heavy atom. The number of nitrogens with zero attached hydrogens (tertiary/aromatic N) is 2. The molecule has 29 heavy (non-hydrogen) atoms. The molecule has 9 heteroatoms. The quantitative estimate of drug-likeness (QED) is 0.619. The lowest BCUT2D eigenvalue weighted by Gasteiger charge is -2.32. The SMILES string of the molecule is O=C(Cc1c[nH]c(=O)[nH]c1=O)N1CCCC(c2[nH]ncc2-c2ccc(F)cc2)C1. The van der Waals surface area contributed by atoms with Crippen molar-refractivity contribution in [3.05, 3.63) is 74.6 Å². The summed E-state index contributed by atoms with van der Waals surface area (Å²) in [6.07, 6.45) is 4.62. The number of aromatic nitrogens is 4. The van der Waals surface area contributed by atoms with Crippen LogP contribution in [0, 0.1) is 5.82 Å². The first-order valence-corrected chi connectivity index (χ1v) is 9.39. The smallest absolute Gasteiger partial charge is 0.325 e. The Labute approximate surface area is 164 Å². The fourth-order valence-corrected chi connectivity index (χ4v) is 3.75. The topological polar surface area (TPSA) is 115 Å². The highest BCUT2D eigenvalue weighted by molar-refractivity contribution is 5.79. The Kier molecular flexibility index (Phi) is 5.11. The number of amides is 1. The number of aromatic amines is 3. The van der Waals surface area contributed by atoms with Gasteiger partial charge in [0.15, 0.2) is 0 Å². The summed E-state index contributed by atoms with van der Waals surface area (Å²) < 4.78 is 13.2. The third kappa shape index (κ3) is 4.03. The largest absolute Gasteiger partial charge is 0.342 e. The van der Waals surface area contributed by atoms with Gasteiger partial charge in [-0.15, -0.1) is 0 Å². The Bertz CT molecular complexity index is 1130. The van der Waals surface area contributed by atoms with Crippen LogP contribution < -0.4 is 11.2 Å². The van der Waals surface area contributed by atoms with Crippen molar-refractivity contribution in [2.75, 3.05) is 13.1 Å². The van der Waals surface area contributed by atoms with Gasteiger partial charge < -0.3 is 9.88 Å². The van der Waals surface area contributed by atoms with Crippen molar-refractivity contribution < 1.29 is 9.18 Å². The summed E-state index contributed by atoms with van der Waals surface area (Å²) in [5.74, 6) is -0.412. The second kappa shape index (κ2) is 7.86. The van der Waals surface area contributed by atoms with E-state index in [2.05, 4.69) is 20.2 Å². The second-order valence-corrected chi connectivity index (χ2v) is 7.16. The van der Waals surface area contributed by atoms with Crippen LogP contribution in [0.5, 0.6) is 0 Å².